The van der Waals surface area contributed by atoms with Crippen molar-refractivity contribution in [3.63, 3.8) is 0 Å². The van der Waals surface area contributed by atoms with Crippen molar-refractivity contribution in [3.8, 4) is 0 Å². The number of fused-ring (bicyclic) bond motifs is 3. The summed E-state index contributed by atoms with van der Waals surface area (Å²) in [6, 6.07) is 17.7. The van der Waals surface area contributed by atoms with E-state index in [1.807, 2.05) is 43.3 Å². The van der Waals surface area contributed by atoms with Crippen LogP contribution in [0.4, 0.5) is 17.1 Å². The standard InChI is InChI=1S/C26H22ClN3O3/c1-15-4-2-5-16(12-15)26(31)28-17-8-11-24-21(13-17)19-6-3-7-20(19)25(29-24)22-14-18(30(32)33)9-10-23(22)27/h2-6,8-14,19-20,25,29H,7H2,1H3,(H,28,31). The molecule has 6 nitrogen and oxygen atoms in total. The number of benzene rings is 3. The number of carbonyl (C=O) groups is 1. The zero-order chi connectivity index (χ0) is 23.1. The van der Waals surface area contributed by atoms with E-state index in [1.165, 1.54) is 6.07 Å². The number of carbonyl (C=O) groups excluding carboxylic acids is 1. The molecule has 3 aromatic carbocycles. The first-order chi connectivity index (χ1) is 15.9. The van der Waals surface area contributed by atoms with Crippen LogP contribution in [0.5, 0.6) is 0 Å². The van der Waals surface area contributed by atoms with E-state index < -0.39 is 4.92 Å². The Kier molecular flexibility index (Phi) is 5.38. The predicted molar refractivity (Wildman–Crippen MR) is 130 cm³/mol. The fourth-order valence-electron chi connectivity index (χ4n) is 4.85. The third kappa shape index (κ3) is 3.98. The Morgan fingerprint density at radius 2 is 1.97 bits per heavy atom. The van der Waals surface area contributed by atoms with Crippen molar-refractivity contribution in [1.82, 2.24) is 0 Å². The van der Waals surface area contributed by atoms with Crippen LogP contribution in [0.3, 0.4) is 0 Å². The van der Waals surface area contributed by atoms with Gasteiger partial charge in [0, 0.05) is 45.6 Å². The van der Waals surface area contributed by atoms with Crippen LogP contribution < -0.4 is 10.6 Å². The van der Waals surface area contributed by atoms with Gasteiger partial charge in [-0.05, 0) is 61.2 Å². The maximum Gasteiger partial charge on any atom is 0.269 e. The second kappa shape index (κ2) is 8.37. The van der Waals surface area contributed by atoms with Crippen LogP contribution in [0.2, 0.25) is 5.02 Å². The quantitative estimate of drug-likeness (QED) is 0.260. The molecule has 0 saturated heterocycles. The van der Waals surface area contributed by atoms with Gasteiger partial charge in [-0.2, -0.15) is 0 Å². The molecule has 2 N–H and O–H groups in total. The Balaban J connectivity index is 1.46. The lowest BCUT2D eigenvalue weighted by atomic mass is 9.77. The second-order valence-corrected chi connectivity index (χ2v) is 8.97. The Labute approximate surface area is 196 Å². The Hall–Kier alpha value is -3.64. The summed E-state index contributed by atoms with van der Waals surface area (Å²) in [5.41, 5.74) is 5.16. The van der Waals surface area contributed by atoms with Crippen molar-refractivity contribution < 1.29 is 9.72 Å². The number of nitro benzene ring substituents is 1. The molecule has 2 aliphatic rings. The molecule has 0 saturated carbocycles. The largest absolute Gasteiger partial charge is 0.378 e. The van der Waals surface area contributed by atoms with Crippen LogP contribution in [0, 0.1) is 23.0 Å². The summed E-state index contributed by atoms with van der Waals surface area (Å²) in [5.74, 6) is 0.138. The molecule has 3 unspecified atom stereocenters. The van der Waals surface area contributed by atoms with Crippen LogP contribution in [-0.2, 0) is 0 Å². The number of nitro groups is 1. The van der Waals surface area contributed by atoms with Crippen molar-refractivity contribution in [2.45, 2.75) is 25.3 Å². The SMILES string of the molecule is Cc1cccc(C(=O)Nc2ccc3c(c2)C2C=CCC2C(c2cc([N+](=O)[O-])ccc2Cl)N3)c1. The highest BCUT2D eigenvalue weighted by Gasteiger charge is 2.39. The van der Waals surface area contributed by atoms with Crippen LogP contribution in [0.15, 0.2) is 72.8 Å². The fourth-order valence-corrected chi connectivity index (χ4v) is 5.09. The number of non-ortho nitro benzene ring substituents is 1. The molecule has 1 amide bonds. The van der Waals surface area contributed by atoms with Crippen molar-refractivity contribution in [2.24, 2.45) is 5.92 Å². The zero-order valence-corrected chi connectivity index (χ0v) is 18.7. The van der Waals surface area contributed by atoms with Crippen molar-refractivity contribution in [1.29, 1.82) is 0 Å². The molecule has 0 bridgehead atoms. The molecule has 0 aromatic heterocycles. The number of hydrogen-bond donors (Lipinski definition) is 2. The van der Waals surface area contributed by atoms with Crippen molar-refractivity contribution >= 4 is 34.6 Å². The number of allylic oxidation sites excluding steroid dienone is 2. The number of halogens is 1. The fraction of sp³-hybridized carbons (Fsp3) is 0.192. The normalized spacial score (nSPS) is 20.5. The van der Waals surface area contributed by atoms with Gasteiger partial charge >= 0.3 is 0 Å². The van der Waals surface area contributed by atoms with E-state index >= 15 is 0 Å². The summed E-state index contributed by atoms with van der Waals surface area (Å²) < 4.78 is 0. The smallest absolute Gasteiger partial charge is 0.269 e. The highest BCUT2D eigenvalue weighted by atomic mass is 35.5. The minimum atomic E-state index is -0.399. The lowest BCUT2D eigenvalue weighted by Crippen LogP contribution is -2.29. The van der Waals surface area contributed by atoms with E-state index in [0.29, 0.717) is 10.6 Å². The van der Waals surface area contributed by atoms with Gasteiger partial charge in [-0.3, -0.25) is 14.9 Å². The van der Waals surface area contributed by atoms with Crippen LogP contribution in [0.1, 0.15) is 45.4 Å². The van der Waals surface area contributed by atoms with E-state index in [4.69, 9.17) is 11.6 Å². The third-order valence-corrected chi connectivity index (χ3v) is 6.77. The molecule has 3 atom stereocenters. The van der Waals surface area contributed by atoms with E-state index in [0.717, 1.165) is 34.5 Å². The van der Waals surface area contributed by atoms with Crippen LogP contribution >= 0.6 is 11.6 Å². The van der Waals surface area contributed by atoms with Gasteiger partial charge in [0.05, 0.1) is 11.0 Å². The third-order valence-electron chi connectivity index (χ3n) is 6.43. The molecule has 0 spiro atoms. The Morgan fingerprint density at radius 1 is 1.12 bits per heavy atom. The Bertz CT molecular complexity index is 1300. The summed E-state index contributed by atoms with van der Waals surface area (Å²) in [5, 5.41) is 18.4. The molecule has 3 aromatic rings. The minimum absolute atomic E-state index is 0.0266. The topological polar surface area (TPSA) is 84.3 Å². The number of anilines is 2. The predicted octanol–water partition coefficient (Wildman–Crippen LogP) is 6.64. The van der Waals surface area contributed by atoms with Crippen molar-refractivity contribution in [2.75, 3.05) is 10.6 Å². The lowest BCUT2D eigenvalue weighted by Gasteiger charge is -2.38. The number of rotatable bonds is 4. The maximum absolute atomic E-state index is 12.7. The van der Waals surface area contributed by atoms with E-state index in [2.05, 4.69) is 22.8 Å². The molecule has 5 rings (SSSR count). The summed E-state index contributed by atoms with van der Waals surface area (Å²) >= 11 is 6.47. The van der Waals surface area contributed by atoms with E-state index in [1.54, 1.807) is 18.2 Å². The summed E-state index contributed by atoms with van der Waals surface area (Å²) in [7, 11) is 0. The van der Waals surface area contributed by atoms with E-state index in [9.17, 15) is 14.9 Å². The number of hydrogen-bond acceptors (Lipinski definition) is 4. The second-order valence-electron chi connectivity index (χ2n) is 8.56. The molecule has 166 valence electrons. The number of nitrogens with one attached hydrogen (secondary N) is 2. The molecule has 1 aliphatic carbocycles. The molecule has 0 radical (unpaired) electrons. The van der Waals surface area contributed by atoms with Crippen LogP contribution in [-0.4, -0.2) is 10.8 Å². The van der Waals surface area contributed by atoms with Gasteiger partial charge in [0.2, 0.25) is 0 Å². The summed E-state index contributed by atoms with van der Waals surface area (Å²) in [6.07, 6.45) is 5.15. The average Bonchev–Trinajstić information content (AvgIpc) is 3.29. The highest BCUT2D eigenvalue weighted by molar-refractivity contribution is 6.31. The summed E-state index contributed by atoms with van der Waals surface area (Å²) in [6.45, 7) is 1.96. The molecule has 1 heterocycles. The number of nitrogens with zero attached hydrogens (tertiary/aromatic N) is 1. The summed E-state index contributed by atoms with van der Waals surface area (Å²) in [4.78, 5) is 23.6. The monoisotopic (exact) mass is 459 g/mol. The molecule has 33 heavy (non-hydrogen) atoms. The van der Waals surface area contributed by atoms with E-state index in [-0.39, 0.29) is 29.5 Å². The Morgan fingerprint density at radius 3 is 2.76 bits per heavy atom. The highest BCUT2D eigenvalue weighted by Crippen LogP contribution is 2.51. The van der Waals surface area contributed by atoms with Gasteiger partial charge in [0.15, 0.2) is 0 Å². The number of aryl methyl sites for hydroxylation is 1. The first-order valence-electron chi connectivity index (χ1n) is 10.8. The maximum atomic E-state index is 12.7. The molecular weight excluding hydrogens is 438 g/mol. The van der Waals surface area contributed by atoms with Gasteiger partial charge in [-0.25, -0.2) is 0 Å². The molecule has 1 aliphatic heterocycles. The lowest BCUT2D eigenvalue weighted by molar-refractivity contribution is -0.384. The van der Waals surface area contributed by atoms with Gasteiger partial charge < -0.3 is 10.6 Å². The number of amides is 1. The first-order valence-corrected chi connectivity index (χ1v) is 11.2. The van der Waals surface area contributed by atoms with Crippen LogP contribution in [0.25, 0.3) is 0 Å². The molecule has 0 fully saturated rings. The average molecular weight is 460 g/mol. The van der Waals surface area contributed by atoms with Gasteiger partial charge in [-0.15, -0.1) is 0 Å². The van der Waals surface area contributed by atoms with Gasteiger partial charge in [0.25, 0.3) is 11.6 Å². The minimum Gasteiger partial charge on any atom is -0.378 e. The van der Waals surface area contributed by atoms with Gasteiger partial charge in [0.1, 0.15) is 0 Å². The molecule has 7 heteroatoms. The first kappa shape index (κ1) is 21.2. The molecular formula is C26H22ClN3O3. The zero-order valence-electron chi connectivity index (χ0n) is 17.9. The van der Waals surface area contributed by atoms with Gasteiger partial charge in [-0.1, -0.05) is 41.4 Å². The van der Waals surface area contributed by atoms with Crippen molar-refractivity contribution in [3.05, 3.63) is 110 Å².